The average molecular weight is 234 g/mol. The van der Waals surface area contributed by atoms with Gasteiger partial charge < -0.3 is 9.26 Å². The lowest BCUT2D eigenvalue weighted by atomic mass is 10.3. The van der Waals surface area contributed by atoms with Crippen LogP contribution in [0.1, 0.15) is 30.5 Å². The zero-order chi connectivity index (χ0) is 11.7. The third kappa shape index (κ3) is 2.43. The number of hydrogen-bond acceptors (Lipinski definition) is 4. The molecule has 1 fully saturated rings. The van der Waals surface area contributed by atoms with Gasteiger partial charge in [-0.1, -0.05) is 5.16 Å². The largest absolute Gasteiger partial charge is 0.485 e. The first-order valence-corrected chi connectivity index (χ1v) is 5.52. The summed E-state index contributed by atoms with van der Waals surface area (Å²) < 4.78 is 23.2. The Morgan fingerprint density at radius 3 is 2.76 bits per heavy atom. The van der Waals surface area contributed by atoms with E-state index in [0.29, 0.717) is 23.4 Å². The lowest BCUT2D eigenvalue weighted by Crippen LogP contribution is -1.97. The second-order valence-electron chi connectivity index (χ2n) is 4.07. The highest BCUT2D eigenvalue weighted by Gasteiger charge is 2.29. The van der Waals surface area contributed by atoms with E-state index in [4.69, 9.17) is 9.26 Å². The molecule has 1 aromatic carbocycles. The molecule has 0 amide bonds. The van der Waals surface area contributed by atoms with Gasteiger partial charge in [0.25, 0.3) is 0 Å². The van der Waals surface area contributed by atoms with Crippen LogP contribution in [0.25, 0.3) is 0 Å². The van der Waals surface area contributed by atoms with Crippen LogP contribution in [0.3, 0.4) is 0 Å². The Kier molecular flexibility index (Phi) is 2.51. The van der Waals surface area contributed by atoms with Crippen molar-refractivity contribution in [3.8, 4) is 5.75 Å². The number of hydrogen-bond donors (Lipinski definition) is 0. The highest BCUT2D eigenvalue weighted by Crippen LogP contribution is 2.38. The second kappa shape index (κ2) is 4.16. The molecule has 1 aliphatic rings. The van der Waals surface area contributed by atoms with Crippen LogP contribution in [0.4, 0.5) is 4.39 Å². The standard InChI is InChI=1S/C12H11FN2O2/c13-9-3-5-10(6-4-9)16-7-11-14-12(17-15-11)8-1-2-8/h3-6,8H,1-2,7H2. The first kappa shape index (κ1) is 10.3. The van der Waals surface area contributed by atoms with Crippen molar-refractivity contribution >= 4 is 0 Å². The van der Waals surface area contributed by atoms with Crippen LogP contribution in [-0.4, -0.2) is 10.1 Å². The smallest absolute Gasteiger partial charge is 0.229 e. The summed E-state index contributed by atoms with van der Waals surface area (Å²) in [6.45, 7) is 0.238. The molecule has 1 aromatic heterocycles. The number of nitrogens with zero attached hydrogens (tertiary/aromatic N) is 2. The molecular weight excluding hydrogens is 223 g/mol. The fraction of sp³-hybridized carbons (Fsp3) is 0.333. The Hall–Kier alpha value is -1.91. The Balaban J connectivity index is 1.60. The molecule has 2 aromatic rings. The number of halogens is 1. The molecule has 0 radical (unpaired) electrons. The van der Waals surface area contributed by atoms with E-state index in [1.807, 2.05) is 0 Å². The molecule has 0 unspecified atom stereocenters. The van der Waals surface area contributed by atoms with Crippen LogP contribution >= 0.6 is 0 Å². The minimum Gasteiger partial charge on any atom is -0.485 e. The molecule has 0 saturated heterocycles. The van der Waals surface area contributed by atoms with E-state index < -0.39 is 0 Å². The predicted molar refractivity (Wildman–Crippen MR) is 57.0 cm³/mol. The monoisotopic (exact) mass is 234 g/mol. The summed E-state index contributed by atoms with van der Waals surface area (Å²) in [7, 11) is 0. The first-order chi connectivity index (χ1) is 8.31. The van der Waals surface area contributed by atoms with Gasteiger partial charge in [0.2, 0.25) is 11.7 Å². The molecule has 17 heavy (non-hydrogen) atoms. The van der Waals surface area contributed by atoms with Crippen molar-refractivity contribution in [2.45, 2.75) is 25.4 Å². The van der Waals surface area contributed by atoms with Gasteiger partial charge in [0, 0.05) is 5.92 Å². The van der Waals surface area contributed by atoms with Gasteiger partial charge in [-0.3, -0.25) is 0 Å². The zero-order valence-electron chi connectivity index (χ0n) is 9.10. The Morgan fingerprint density at radius 1 is 1.29 bits per heavy atom. The molecule has 5 heteroatoms. The maximum atomic E-state index is 12.7. The third-order valence-corrected chi connectivity index (χ3v) is 2.59. The molecule has 0 aliphatic heterocycles. The number of aromatic nitrogens is 2. The van der Waals surface area contributed by atoms with Gasteiger partial charge in [-0.15, -0.1) is 0 Å². The number of rotatable bonds is 4. The van der Waals surface area contributed by atoms with Crippen molar-refractivity contribution in [3.05, 3.63) is 41.8 Å². The van der Waals surface area contributed by atoms with Crippen molar-refractivity contribution in [3.63, 3.8) is 0 Å². The van der Waals surface area contributed by atoms with Gasteiger partial charge in [0.1, 0.15) is 11.6 Å². The van der Waals surface area contributed by atoms with E-state index in [0.717, 1.165) is 12.8 Å². The van der Waals surface area contributed by atoms with Gasteiger partial charge in [-0.05, 0) is 37.1 Å². The summed E-state index contributed by atoms with van der Waals surface area (Å²) in [4.78, 5) is 4.23. The third-order valence-electron chi connectivity index (χ3n) is 2.59. The van der Waals surface area contributed by atoms with E-state index in [9.17, 15) is 4.39 Å². The summed E-state index contributed by atoms with van der Waals surface area (Å²) in [5.41, 5.74) is 0. The van der Waals surface area contributed by atoms with Gasteiger partial charge in [0.05, 0.1) is 0 Å². The van der Waals surface area contributed by atoms with Crippen LogP contribution < -0.4 is 4.74 Å². The molecule has 0 spiro atoms. The van der Waals surface area contributed by atoms with Crippen molar-refractivity contribution in [1.82, 2.24) is 10.1 Å². The fourth-order valence-corrected chi connectivity index (χ4v) is 1.50. The fourth-order valence-electron chi connectivity index (χ4n) is 1.50. The minimum atomic E-state index is -0.284. The van der Waals surface area contributed by atoms with E-state index in [-0.39, 0.29) is 12.4 Å². The van der Waals surface area contributed by atoms with Crippen LogP contribution in [0.2, 0.25) is 0 Å². The van der Waals surface area contributed by atoms with Crippen LogP contribution in [0.5, 0.6) is 5.75 Å². The molecule has 88 valence electrons. The zero-order valence-corrected chi connectivity index (χ0v) is 9.10. The molecule has 0 N–H and O–H groups in total. The van der Waals surface area contributed by atoms with E-state index in [1.54, 1.807) is 12.1 Å². The van der Waals surface area contributed by atoms with E-state index in [1.165, 1.54) is 12.1 Å². The van der Waals surface area contributed by atoms with Crippen molar-refractivity contribution in [2.75, 3.05) is 0 Å². The van der Waals surface area contributed by atoms with Gasteiger partial charge in [-0.25, -0.2) is 4.39 Å². The maximum absolute atomic E-state index is 12.7. The highest BCUT2D eigenvalue weighted by molar-refractivity contribution is 5.22. The first-order valence-electron chi connectivity index (χ1n) is 5.52. The molecule has 0 atom stereocenters. The molecular formula is C12H11FN2O2. The lowest BCUT2D eigenvalue weighted by molar-refractivity contribution is 0.284. The van der Waals surface area contributed by atoms with Crippen LogP contribution in [0.15, 0.2) is 28.8 Å². The lowest BCUT2D eigenvalue weighted by Gasteiger charge is -2.01. The van der Waals surface area contributed by atoms with Crippen molar-refractivity contribution in [1.29, 1.82) is 0 Å². The normalized spacial score (nSPS) is 14.9. The quantitative estimate of drug-likeness (QED) is 0.816. The van der Waals surface area contributed by atoms with Crippen molar-refractivity contribution < 1.29 is 13.7 Å². The van der Waals surface area contributed by atoms with Gasteiger partial charge in [0.15, 0.2) is 6.61 Å². The molecule has 1 aliphatic carbocycles. The van der Waals surface area contributed by atoms with E-state index >= 15 is 0 Å². The molecule has 3 rings (SSSR count). The Bertz CT molecular complexity index is 505. The summed E-state index contributed by atoms with van der Waals surface area (Å²) in [6.07, 6.45) is 2.25. The van der Waals surface area contributed by atoms with E-state index in [2.05, 4.69) is 10.1 Å². The predicted octanol–water partition coefficient (Wildman–Crippen LogP) is 2.67. The SMILES string of the molecule is Fc1ccc(OCc2noc(C3CC3)n2)cc1. The minimum absolute atomic E-state index is 0.238. The Labute approximate surface area is 97.4 Å². The van der Waals surface area contributed by atoms with Crippen LogP contribution in [0, 0.1) is 5.82 Å². The van der Waals surface area contributed by atoms with Gasteiger partial charge >= 0.3 is 0 Å². The average Bonchev–Trinajstić information content (AvgIpc) is 3.09. The van der Waals surface area contributed by atoms with Crippen molar-refractivity contribution in [2.24, 2.45) is 0 Å². The highest BCUT2D eigenvalue weighted by atomic mass is 19.1. The second-order valence-corrected chi connectivity index (χ2v) is 4.07. The number of benzene rings is 1. The summed E-state index contributed by atoms with van der Waals surface area (Å²) in [5.74, 6) is 1.97. The summed E-state index contributed by atoms with van der Waals surface area (Å²) in [5, 5.41) is 3.82. The summed E-state index contributed by atoms with van der Waals surface area (Å²) >= 11 is 0. The van der Waals surface area contributed by atoms with Gasteiger partial charge in [-0.2, -0.15) is 4.98 Å². The molecule has 4 nitrogen and oxygen atoms in total. The topological polar surface area (TPSA) is 48.2 Å². The molecule has 1 heterocycles. The maximum Gasteiger partial charge on any atom is 0.229 e. The summed E-state index contributed by atoms with van der Waals surface area (Å²) in [6, 6.07) is 5.83. The molecule has 0 bridgehead atoms. The Morgan fingerprint density at radius 2 is 2.06 bits per heavy atom. The van der Waals surface area contributed by atoms with Crippen LogP contribution in [-0.2, 0) is 6.61 Å². The molecule has 1 saturated carbocycles. The number of ether oxygens (including phenoxy) is 1.